The largest absolute Gasteiger partial charge is 0.0646 e. The van der Waals surface area contributed by atoms with Crippen molar-refractivity contribution in [1.82, 2.24) is 0 Å². The summed E-state index contributed by atoms with van der Waals surface area (Å²) < 4.78 is 0. The van der Waals surface area contributed by atoms with Crippen LogP contribution in [0.1, 0.15) is 32.8 Å². The standard InChI is InChI=1S/C43H34/c1-4-43(2,3)38-26-36-19-14-31-20-22-39(40-23-21-37(27-38)41(36)42(31)40)35-18-17-33-24-32(15-16-34(33)25-35)30-12-10-29(11-13-30)28-8-6-5-7-9-28/h5-27H,4H2,1-3H3. The molecule has 206 valence electrons. The first-order valence-corrected chi connectivity index (χ1v) is 15.4. The lowest BCUT2D eigenvalue weighted by Gasteiger charge is -2.25. The van der Waals surface area contributed by atoms with E-state index in [1.165, 1.54) is 82.0 Å². The summed E-state index contributed by atoms with van der Waals surface area (Å²) in [4.78, 5) is 0. The van der Waals surface area contributed by atoms with E-state index in [1.807, 2.05) is 0 Å². The van der Waals surface area contributed by atoms with Gasteiger partial charge in [0.25, 0.3) is 0 Å². The summed E-state index contributed by atoms with van der Waals surface area (Å²) in [6, 6.07) is 51.9. The maximum Gasteiger partial charge on any atom is -0.00206 e. The summed E-state index contributed by atoms with van der Waals surface area (Å²) in [5, 5.41) is 10.6. The van der Waals surface area contributed by atoms with Gasteiger partial charge >= 0.3 is 0 Å². The first kappa shape index (κ1) is 25.7. The monoisotopic (exact) mass is 550 g/mol. The fourth-order valence-corrected chi connectivity index (χ4v) is 6.74. The molecule has 0 saturated heterocycles. The van der Waals surface area contributed by atoms with Crippen LogP contribution in [0.4, 0.5) is 0 Å². The van der Waals surface area contributed by atoms with Gasteiger partial charge < -0.3 is 0 Å². The molecule has 0 aliphatic rings. The molecule has 8 rings (SSSR count). The van der Waals surface area contributed by atoms with Crippen LogP contribution in [0.3, 0.4) is 0 Å². The molecule has 0 amide bonds. The molecule has 8 aromatic carbocycles. The maximum atomic E-state index is 2.42. The zero-order valence-electron chi connectivity index (χ0n) is 25.0. The Bertz CT molecular complexity index is 2250. The van der Waals surface area contributed by atoms with Gasteiger partial charge in [-0.1, -0.05) is 148 Å². The highest BCUT2D eigenvalue weighted by atomic mass is 14.2. The Hall–Kier alpha value is -4.94. The third-order valence-corrected chi connectivity index (χ3v) is 9.74. The van der Waals surface area contributed by atoms with Crippen LogP contribution >= 0.6 is 0 Å². The van der Waals surface area contributed by atoms with E-state index in [-0.39, 0.29) is 5.41 Å². The molecule has 0 radical (unpaired) electrons. The van der Waals surface area contributed by atoms with Crippen LogP contribution < -0.4 is 0 Å². The molecule has 0 bridgehead atoms. The summed E-state index contributed by atoms with van der Waals surface area (Å²) in [6.45, 7) is 6.98. The molecule has 0 N–H and O–H groups in total. The minimum atomic E-state index is 0.159. The van der Waals surface area contributed by atoms with E-state index < -0.39 is 0 Å². The summed E-state index contributed by atoms with van der Waals surface area (Å²) >= 11 is 0. The second-order valence-electron chi connectivity index (χ2n) is 12.6. The second kappa shape index (κ2) is 9.82. The van der Waals surface area contributed by atoms with Crippen LogP contribution in [-0.4, -0.2) is 0 Å². The first-order chi connectivity index (χ1) is 21.0. The van der Waals surface area contributed by atoms with Crippen molar-refractivity contribution in [3.63, 3.8) is 0 Å². The van der Waals surface area contributed by atoms with Crippen LogP contribution in [0.2, 0.25) is 0 Å². The van der Waals surface area contributed by atoms with Crippen LogP contribution in [-0.2, 0) is 5.41 Å². The predicted octanol–water partition coefficient (Wildman–Crippen LogP) is 12.4. The zero-order valence-corrected chi connectivity index (χ0v) is 25.0. The molecule has 0 aliphatic carbocycles. The average molecular weight is 551 g/mol. The number of hydrogen-bond donors (Lipinski definition) is 0. The smallest absolute Gasteiger partial charge is 0.00206 e. The fourth-order valence-electron chi connectivity index (χ4n) is 6.74. The number of benzene rings is 8. The van der Waals surface area contributed by atoms with Gasteiger partial charge in [-0.05, 0) is 106 Å². The van der Waals surface area contributed by atoms with Gasteiger partial charge in [-0.3, -0.25) is 0 Å². The average Bonchev–Trinajstić information content (AvgIpc) is 3.07. The number of fused-ring (bicyclic) bond motifs is 1. The van der Waals surface area contributed by atoms with E-state index in [9.17, 15) is 0 Å². The van der Waals surface area contributed by atoms with Gasteiger partial charge in [0.2, 0.25) is 0 Å². The highest BCUT2D eigenvalue weighted by Crippen LogP contribution is 2.42. The van der Waals surface area contributed by atoms with E-state index in [0.29, 0.717) is 0 Å². The second-order valence-corrected chi connectivity index (χ2v) is 12.6. The summed E-state index contributed by atoms with van der Waals surface area (Å²) in [5.41, 5.74) is 9.11. The van der Waals surface area contributed by atoms with E-state index in [4.69, 9.17) is 0 Å². The minimum absolute atomic E-state index is 0.159. The van der Waals surface area contributed by atoms with Crippen molar-refractivity contribution in [2.24, 2.45) is 0 Å². The zero-order chi connectivity index (χ0) is 29.1. The van der Waals surface area contributed by atoms with E-state index in [0.717, 1.165) is 6.42 Å². The minimum Gasteiger partial charge on any atom is -0.0646 e. The van der Waals surface area contributed by atoms with Crippen molar-refractivity contribution in [2.75, 3.05) is 0 Å². The van der Waals surface area contributed by atoms with Crippen molar-refractivity contribution in [3.05, 3.63) is 145 Å². The van der Waals surface area contributed by atoms with Crippen LogP contribution in [0.5, 0.6) is 0 Å². The Morgan fingerprint density at radius 2 is 0.930 bits per heavy atom. The normalized spacial score (nSPS) is 12.2. The molecular formula is C43H34. The highest BCUT2D eigenvalue weighted by Gasteiger charge is 2.20. The third-order valence-electron chi connectivity index (χ3n) is 9.74. The van der Waals surface area contributed by atoms with Crippen LogP contribution in [0, 0.1) is 0 Å². The Morgan fingerprint density at radius 3 is 1.63 bits per heavy atom. The maximum absolute atomic E-state index is 2.42. The molecule has 0 saturated carbocycles. The lowest BCUT2D eigenvalue weighted by atomic mass is 9.79. The Balaban J connectivity index is 1.19. The molecule has 0 heterocycles. The lowest BCUT2D eigenvalue weighted by molar-refractivity contribution is 0.507. The van der Waals surface area contributed by atoms with Crippen molar-refractivity contribution in [1.29, 1.82) is 0 Å². The molecule has 8 aromatic rings. The van der Waals surface area contributed by atoms with Gasteiger partial charge in [-0.2, -0.15) is 0 Å². The van der Waals surface area contributed by atoms with Gasteiger partial charge in [0.05, 0.1) is 0 Å². The fraction of sp³-hybridized carbons (Fsp3) is 0.116. The Labute approximate surface area is 253 Å². The van der Waals surface area contributed by atoms with E-state index >= 15 is 0 Å². The molecule has 0 nitrogen and oxygen atoms in total. The molecule has 43 heavy (non-hydrogen) atoms. The van der Waals surface area contributed by atoms with Gasteiger partial charge in [0.15, 0.2) is 0 Å². The SMILES string of the molecule is CCC(C)(C)c1cc2ccc3ccc(-c4ccc5cc(-c6ccc(-c7ccccc7)cc6)ccc5c4)c4ccc(c1)c2c34. The van der Waals surface area contributed by atoms with Crippen LogP contribution in [0.25, 0.3) is 76.5 Å². The van der Waals surface area contributed by atoms with Crippen molar-refractivity contribution >= 4 is 43.1 Å². The molecule has 0 unspecified atom stereocenters. The highest BCUT2D eigenvalue weighted by molar-refractivity contribution is 6.25. The Kier molecular flexibility index (Phi) is 5.88. The Morgan fingerprint density at radius 1 is 0.419 bits per heavy atom. The first-order valence-electron chi connectivity index (χ1n) is 15.4. The van der Waals surface area contributed by atoms with Crippen molar-refractivity contribution in [3.8, 4) is 33.4 Å². The molecule has 0 heteroatoms. The van der Waals surface area contributed by atoms with Crippen molar-refractivity contribution in [2.45, 2.75) is 32.6 Å². The van der Waals surface area contributed by atoms with Crippen molar-refractivity contribution < 1.29 is 0 Å². The number of rotatable bonds is 5. The quantitative estimate of drug-likeness (QED) is 0.187. The molecular weight excluding hydrogens is 516 g/mol. The van der Waals surface area contributed by atoms with E-state index in [1.54, 1.807) is 0 Å². The lowest BCUT2D eigenvalue weighted by Crippen LogP contribution is -2.15. The molecule has 0 aliphatic heterocycles. The van der Waals surface area contributed by atoms with E-state index in [2.05, 4.69) is 160 Å². The van der Waals surface area contributed by atoms with Crippen LogP contribution in [0.15, 0.2) is 140 Å². The molecule has 0 fully saturated rings. The summed E-state index contributed by atoms with van der Waals surface area (Å²) in [5.74, 6) is 0. The summed E-state index contributed by atoms with van der Waals surface area (Å²) in [6.07, 6.45) is 1.12. The van der Waals surface area contributed by atoms with Gasteiger partial charge in [0, 0.05) is 0 Å². The predicted molar refractivity (Wildman–Crippen MR) is 187 cm³/mol. The van der Waals surface area contributed by atoms with Gasteiger partial charge in [-0.15, -0.1) is 0 Å². The number of hydrogen-bond acceptors (Lipinski definition) is 0. The molecule has 0 atom stereocenters. The topological polar surface area (TPSA) is 0 Å². The van der Waals surface area contributed by atoms with Gasteiger partial charge in [0.1, 0.15) is 0 Å². The summed E-state index contributed by atoms with van der Waals surface area (Å²) in [7, 11) is 0. The third kappa shape index (κ3) is 4.29. The molecule has 0 spiro atoms. The molecule has 0 aromatic heterocycles. The van der Waals surface area contributed by atoms with Gasteiger partial charge in [-0.25, -0.2) is 0 Å².